The molecule has 0 saturated heterocycles. The predicted octanol–water partition coefficient (Wildman–Crippen LogP) is 19.0. The third kappa shape index (κ3) is 11.7. The molecule has 5 aromatic rings. The van der Waals surface area contributed by atoms with Gasteiger partial charge in [0.2, 0.25) is 0 Å². The van der Waals surface area contributed by atoms with Crippen molar-refractivity contribution in [3.63, 3.8) is 0 Å². The van der Waals surface area contributed by atoms with Gasteiger partial charge in [-0.3, -0.25) is 0 Å². The van der Waals surface area contributed by atoms with Gasteiger partial charge in [0.05, 0.1) is 0 Å². The smallest absolute Gasteiger partial charge is 0.0101 e. The number of unbranched alkanes of at least 4 members (excludes halogenated alkanes) is 18. The molecule has 0 radical (unpaired) electrons. The summed E-state index contributed by atoms with van der Waals surface area (Å²) in [6.07, 6.45) is 38.9. The minimum atomic E-state index is 1.21. The molecule has 0 heteroatoms. The highest BCUT2D eigenvalue weighted by atomic mass is 14.3. The third-order valence-corrected chi connectivity index (χ3v) is 13.8. The molecular formula is C58H86. The maximum atomic E-state index is 2.54. The van der Waals surface area contributed by atoms with Gasteiger partial charge in [0.15, 0.2) is 0 Å². The summed E-state index contributed by atoms with van der Waals surface area (Å²) >= 11 is 0. The molecule has 0 saturated carbocycles. The lowest BCUT2D eigenvalue weighted by atomic mass is 9.75. The van der Waals surface area contributed by atoms with Gasteiger partial charge in [0.25, 0.3) is 0 Å². The molecule has 0 aromatic heterocycles. The lowest BCUT2D eigenvalue weighted by Gasteiger charge is -2.28. The van der Waals surface area contributed by atoms with Crippen LogP contribution in [-0.4, -0.2) is 0 Å². The van der Waals surface area contributed by atoms with Crippen molar-refractivity contribution in [1.82, 2.24) is 0 Å². The van der Waals surface area contributed by atoms with Gasteiger partial charge >= 0.3 is 0 Å². The van der Waals surface area contributed by atoms with Crippen molar-refractivity contribution in [1.29, 1.82) is 0 Å². The van der Waals surface area contributed by atoms with Crippen molar-refractivity contribution in [2.24, 2.45) is 0 Å². The summed E-state index contributed by atoms with van der Waals surface area (Å²) in [5, 5.41) is 13.2. The van der Waals surface area contributed by atoms with Crippen LogP contribution in [-0.2, 0) is 38.5 Å². The lowest BCUT2D eigenvalue weighted by Crippen LogP contribution is -2.09. The van der Waals surface area contributed by atoms with Crippen LogP contribution < -0.4 is 0 Å². The highest BCUT2D eigenvalue weighted by Gasteiger charge is 2.27. The molecule has 0 nitrogen and oxygen atoms in total. The Hall–Kier alpha value is -2.86. The van der Waals surface area contributed by atoms with E-state index in [1.54, 1.807) is 76.5 Å². The molecule has 0 bridgehead atoms. The average Bonchev–Trinajstić information content (AvgIpc) is 3.25. The SMILES string of the molecule is CCCCCCc1c2ccccc2c(CCCCCC)c2c(CCCCCC)c3c(CCCCCC)c4ccccc4c(CCCCCC)c3c(CCCCCC)c12. The van der Waals surface area contributed by atoms with Crippen molar-refractivity contribution in [3.05, 3.63) is 81.9 Å². The first kappa shape index (κ1) is 46.2. The maximum Gasteiger partial charge on any atom is -0.0101 e. The van der Waals surface area contributed by atoms with Crippen LogP contribution in [0.3, 0.4) is 0 Å². The summed E-state index contributed by atoms with van der Waals surface area (Å²) in [4.78, 5) is 0. The first-order valence-electron chi connectivity index (χ1n) is 25.5. The van der Waals surface area contributed by atoms with E-state index in [0.29, 0.717) is 0 Å². The molecule has 0 spiro atoms. The van der Waals surface area contributed by atoms with E-state index in [1.807, 2.05) is 0 Å². The molecule has 5 rings (SSSR count). The van der Waals surface area contributed by atoms with Gasteiger partial charge in [-0.1, -0.05) is 206 Å². The van der Waals surface area contributed by atoms with E-state index in [2.05, 4.69) is 90.1 Å². The highest BCUT2D eigenvalue weighted by Crippen LogP contribution is 2.48. The Bertz CT molecular complexity index is 1690. The van der Waals surface area contributed by atoms with E-state index in [0.717, 1.165) is 0 Å². The molecule has 318 valence electrons. The van der Waals surface area contributed by atoms with Crippen molar-refractivity contribution >= 4 is 43.1 Å². The van der Waals surface area contributed by atoms with Crippen LogP contribution in [0.25, 0.3) is 43.1 Å². The first-order valence-corrected chi connectivity index (χ1v) is 25.5. The van der Waals surface area contributed by atoms with E-state index in [-0.39, 0.29) is 0 Å². The van der Waals surface area contributed by atoms with Crippen LogP contribution in [0.4, 0.5) is 0 Å². The molecule has 0 fully saturated rings. The first-order chi connectivity index (χ1) is 28.7. The second kappa shape index (κ2) is 25.7. The minimum absolute atomic E-state index is 1.21. The summed E-state index contributed by atoms with van der Waals surface area (Å²) in [6.45, 7) is 14.3. The van der Waals surface area contributed by atoms with Crippen molar-refractivity contribution in [3.8, 4) is 0 Å². The molecular weight excluding hydrogens is 697 g/mol. The standard InChI is InChI=1S/C58H86/c1-7-13-19-25-39-49-45-35-31-32-36-46(45)50(40-26-20-14-8-2)56-54(44-30-24-18-12-6)58-52(42-28-22-16-10-4)48-38-34-33-37-47(48)51(41-27-21-15-9-3)57(58)53(55(49)56)43-29-23-17-11-5/h31-38H,7-30,39-44H2,1-6H3. The Labute approximate surface area is 357 Å². The zero-order valence-electron chi connectivity index (χ0n) is 38.8. The van der Waals surface area contributed by atoms with Crippen molar-refractivity contribution in [2.75, 3.05) is 0 Å². The minimum Gasteiger partial charge on any atom is -0.0654 e. The number of rotatable bonds is 30. The number of hydrogen-bond acceptors (Lipinski definition) is 0. The summed E-state index contributed by atoms with van der Waals surface area (Å²) in [5.74, 6) is 0. The van der Waals surface area contributed by atoms with Crippen LogP contribution in [0.15, 0.2) is 48.5 Å². The van der Waals surface area contributed by atoms with Crippen molar-refractivity contribution in [2.45, 2.75) is 234 Å². The molecule has 5 aromatic carbocycles. The summed E-state index contributed by atoms with van der Waals surface area (Å²) in [5.41, 5.74) is 10.3. The van der Waals surface area contributed by atoms with Gasteiger partial charge in [-0.15, -0.1) is 0 Å². The number of benzene rings is 5. The fourth-order valence-electron chi connectivity index (χ4n) is 10.7. The predicted molar refractivity (Wildman–Crippen MR) is 264 cm³/mol. The van der Waals surface area contributed by atoms with Crippen LogP contribution in [0.2, 0.25) is 0 Å². The van der Waals surface area contributed by atoms with Crippen LogP contribution in [0, 0.1) is 0 Å². The Balaban J connectivity index is 2.03. The fourth-order valence-corrected chi connectivity index (χ4v) is 10.7. The average molecular weight is 783 g/mol. The molecule has 0 amide bonds. The Morgan fingerprint density at radius 2 is 0.414 bits per heavy atom. The van der Waals surface area contributed by atoms with Gasteiger partial charge < -0.3 is 0 Å². The number of aryl methyl sites for hydroxylation is 6. The van der Waals surface area contributed by atoms with Gasteiger partial charge in [-0.05, 0) is 154 Å². The lowest BCUT2D eigenvalue weighted by molar-refractivity contribution is 0.661. The van der Waals surface area contributed by atoms with Gasteiger partial charge in [0, 0.05) is 0 Å². The largest absolute Gasteiger partial charge is 0.0654 e. The second-order valence-electron chi connectivity index (χ2n) is 18.3. The zero-order valence-corrected chi connectivity index (χ0v) is 38.8. The summed E-state index contributed by atoms with van der Waals surface area (Å²) in [7, 11) is 0. The number of hydrogen-bond donors (Lipinski definition) is 0. The van der Waals surface area contributed by atoms with Gasteiger partial charge in [0.1, 0.15) is 0 Å². The molecule has 0 unspecified atom stereocenters. The second-order valence-corrected chi connectivity index (χ2v) is 18.3. The van der Waals surface area contributed by atoms with Crippen LogP contribution >= 0.6 is 0 Å². The summed E-state index contributed by atoms with van der Waals surface area (Å²) in [6, 6.07) is 19.6. The molecule has 0 atom stereocenters. The Kier molecular flexibility index (Phi) is 20.5. The van der Waals surface area contributed by atoms with Gasteiger partial charge in [-0.25, -0.2) is 0 Å². The maximum absolute atomic E-state index is 2.54. The summed E-state index contributed by atoms with van der Waals surface area (Å²) < 4.78 is 0. The molecule has 0 aliphatic rings. The van der Waals surface area contributed by atoms with E-state index < -0.39 is 0 Å². The monoisotopic (exact) mass is 783 g/mol. The van der Waals surface area contributed by atoms with E-state index in [1.165, 1.54) is 193 Å². The van der Waals surface area contributed by atoms with Gasteiger partial charge in [-0.2, -0.15) is 0 Å². The molecule has 58 heavy (non-hydrogen) atoms. The zero-order chi connectivity index (χ0) is 41.0. The Morgan fingerprint density at radius 3 is 0.603 bits per heavy atom. The molecule has 0 aliphatic heterocycles. The van der Waals surface area contributed by atoms with Crippen molar-refractivity contribution < 1.29 is 0 Å². The quantitative estimate of drug-likeness (QED) is 0.0321. The van der Waals surface area contributed by atoms with E-state index >= 15 is 0 Å². The molecule has 0 N–H and O–H groups in total. The van der Waals surface area contributed by atoms with E-state index in [4.69, 9.17) is 0 Å². The number of fused-ring (bicyclic) bond motifs is 4. The highest BCUT2D eigenvalue weighted by molar-refractivity contribution is 6.19. The van der Waals surface area contributed by atoms with Crippen LogP contribution in [0.1, 0.15) is 229 Å². The van der Waals surface area contributed by atoms with E-state index in [9.17, 15) is 0 Å². The normalized spacial score (nSPS) is 12.0. The topological polar surface area (TPSA) is 0 Å². The van der Waals surface area contributed by atoms with Crippen LogP contribution in [0.5, 0.6) is 0 Å². The Morgan fingerprint density at radius 1 is 0.224 bits per heavy atom. The fraction of sp³-hybridized carbons (Fsp3) is 0.621. The molecule has 0 aliphatic carbocycles. The molecule has 0 heterocycles. The third-order valence-electron chi connectivity index (χ3n) is 13.8.